The second-order valence-corrected chi connectivity index (χ2v) is 4.60. The molecule has 0 aliphatic heterocycles. The topological polar surface area (TPSA) is 29.5 Å². The minimum atomic E-state index is 0.0768. The van der Waals surface area contributed by atoms with Gasteiger partial charge >= 0.3 is 0 Å². The molecule has 82 valence electrons. The van der Waals surface area contributed by atoms with Crippen LogP contribution in [0.5, 0.6) is 5.75 Å². The average Bonchev–Trinajstić information content (AvgIpc) is 2.16. The Hall–Kier alpha value is -0.490. The first-order chi connectivity index (χ1) is 7.11. The summed E-state index contributed by atoms with van der Waals surface area (Å²) in [4.78, 5) is 10.9. The molecule has 0 heterocycles. The van der Waals surface area contributed by atoms with Crippen LogP contribution in [0.25, 0.3) is 0 Å². The van der Waals surface area contributed by atoms with Crippen LogP contribution >= 0.6 is 18.6 Å². The molecule has 1 aromatic rings. The van der Waals surface area contributed by atoms with Gasteiger partial charge in [0.25, 0.3) is 0 Å². The summed E-state index contributed by atoms with van der Waals surface area (Å²) >= 11 is 0. The number of rotatable bonds is 5. The van der Waals surface area contributed by atoms with Crippen molar-refractivity contribution in [1.29, 1.82) is 0 Å². The highest BCUT2D eigenvalue weighted by molar-refractivity contribution is 7.40. The van der Waals surface area contributed by atoms with Crippen molar-refractivity contribution in [3.8, 4) is 5.75 Å². The summed E-state index contributed by atoms with van der Waals surface area (Å²) in [5.74, 6) is 0.836. The zero-order chi connectivity index (χ0) is 11.3. The lowest BCUT2D eigenvalue weighted by Gasteiger charge is -2.14. The number of hydrogen-bond acceptors (Lipinski definition) is 3. The maximum absolute atomic E-state index is 10.9. The van der Waals surface area contributed by atoms with Crippen molar-refractivity contribution >= 4 is 24.2 Å². The highest BCUT2D eigenvalue weighted by Crippen LogP contribution is 2.15. The molecular weight excluding hydrogens is 228 g/mol. The van der Waals surface area contributed by atoms with E-state index in [9.17, 15) is 4.79 Å². The van der Waals surface area contributed by atoms with Crippen molar-refractivity contribution in [3.63, 3.8) is 0 Å². The molecule has 2 atom stereocenters. The molecule has 0 aliphatic rings. The quantitative estimate of drug-likeness (QED) is 0.737. The van der Waals surface area contributed by atoms with Crippen molar-refractivity contribution in [3.05, 3.63) is 29.8 Å². The third-order valence-electron chi connectivity index (χ3n) is 1.88. The minimum absolute atomic E-state index is 0.0768. The zero-order valence-corrected chi connectivity index (χ0v) is 11.0. The van der Waals surface area contributed by atoms with Gasteiger partial charge in [-0.15, -0.1) is 0 Å². The van der Waals surface area contributed by atoms with Crippen LogP contribution in [0, 0.1) is 0 Å². The summed E-state index contributed by atoms with van der Waals surface area (Å²) in [5.41, 5.74) is 1.20. The van der Waals surface area contributed by atoms with E-state index in [-0.39, 0.29) is 5.52 Å². The SMILES string of the molecule is COc1cccc(CN(P)CC(=O)P)c1. The molecule has 1 aromatic carbocycles. The molecule has 0 saturated heterocycles. The van der Waals surface area contributed by atoms with Gasteiger partial charge in [-0.05, 0) is 17.7 Å². The Kier molecular flexibility index (Phi) is 5.17. The molecule has 15 heavy (non-hydrogen) atoms. The largest absolute Gasteiger partial charge is 0.497 e. The van der Waals surface area contributed by atoms with Crippen molar-refractivity contribution in [2.75, 3.05) is 13.7 Å². The molecule has 1 rings (SSSR count). The number of ether oxygens (including phenoxy) is 1. The van der Waals surface area contributed by atoms with Gasteiger partial charge in [-0.25, -0.2) is 0 Å². The van der Waals surface area contributed by atoms with Gasteiger partial charge in [-0.1, -0.05) is 30.8 Å². The van der Waals surface area contributed by atoms with Crippen LogP contribution in [-0.2, 0) is 11.3 Å². The van der Waals surface area contributed by atoms with Crippen LogP contribution in [0.2, 0.25) is 0 Å². The van der Waals surface area contributed by atoms with Crippen LogP contribution in [0.1, 0.15) is 5.56 Å². The molecule has 0 amide bonds. The van der Waals surface area contributed by atoms with E-state index in [0.29, 0.717) is 13.1 Å². The first-order valence-corrected chi connectivity index (χ1v) is 5.62. The van der Waals surface area contributed by atoms with Gasteiger partial charge in [0.2, 0.25) is 0 Å². The molecule has 0 radical (unpaired) electrons. The summed E-state index contributed by atoms with van der Waals surface area (Å²) in [7, 11) is 6.35. The number of hydrogen-bond donors (Lipinski definition) is 0. The van der Waals surface area contributed by atoms with E-state index in [4.69, 9.17) is 4.74 Å². The highest BCUT2D eigenvalue weighted by Gasteiger charge is 2.03. The van der Waals surface area contributed by atoms with E-state index in [2.05, 4.69) is 18.6 Å². The molecule has 0 aromatic heterocycles. The second-order valence-electron chi connectivity index (χ2n) is 3.22. The van der Waals surface area contributed by atoms with Crippen LogP contribution in [0.3, 0.4) is 0 Å². The Morgan fingerprint density at radius 1 is 1.53 bits per heavy atom. The van der Waals surface area contributed by atoms with E-state index in [1.54, 1.807) is 7.11 Å². The summed E-state index contributed by atoms with van der Waals surface area (Å²) in [6.45, 7) is 1.12. The molecule has 0 saturated carbocycles. The minimum Gasteiger partial charge on any atom is -0.497 e. The summed E-state index contributed by atoms with van der Waals surface area (Å²) in [6.07, 6.45) is 0. The molecule has 0 aliphatic carbocycles. The molecule has 0 bridgehead atoms. The Morgan fingerprint density at radius 3 is 2.87 bits per heavy atom. The summed E-state index contributed by atoms with van der Waals surface area (Å²) < 4.78 is 7.00. The fourth-order valence-corrected chi connectivity index (χ4v) is 2.10. The Labute approximate surface area is 94.6 Å². The Balaban J connectivity index is 2.59. The molecule has 0 N–H and O–H groups in total. The average molecular weight is 243 g/mol. The van der Waals surface area contributed by atoms with Crippen molar-refractivity contribution in [2.45, 2.75) is 6.54 Å². The van der Waals surface area contributed by atoms with Crippen LogP contribution in [0.4, 0.5) is 0 Å². The lowest BCUT2D eigenvalue weighted by molar-refractivity contribution is -0.111. The van der Waals surface area contributed by atoms with Gasteiger partial charge in [0.05, 0.1) is 13.7 Å². The third kappa shape index (κ3) is 4.70. The van der Waals surface area contributed by atoms with Crippen LogP contribution in [0.15, 0.2) is 24.3 Å². The number of methoxy groups -OCH3 is 1. The Morgan fingerprint density at radius 2 is 2.27 bits per heavy atom. The van der Waals surface area contributed by atoms with Gasteiger partial charge in [-0.2, -0.15) is 0 Å². The van der Waals surface area contributed by atoms with Gasteiger partial charge in [0.1, 0.15) is 5.75 Å². The van der Waals surface area contributed by atoms with E-state index in [1.165, 1.54) is 0 Å². The highest BCUT2D eigenvalue weighted by atomic mass is 31.0. The second kappa shape index (κ2) is 6.17. The fourth-order valence-electron chi connectivity index (χ4n) is 1.26. The van der Waals surface area contributed by atoms with E-state index in [1.807, 2.05) is 28.9 Å². The zero-order valence-electron chi connectivity index (χ0n) is 8.64. The maximum Gasteiger partial charge on any atom is 0.162 e. The lowest BCUT2D eigenvalue weighted by atomic mass is 10.2. The molecule has 3 nitrogen and oxygen atoms in total. The van der Waals surface area contributed by atoms with E-state index in [0.717, 1.165) is 11.3 Å². The molecular formula is C10H15NO2P2. The molecule has 0 spiro atoms. The number of benzene rings is 1. The van der Waals surface area contributed by atoms with Crippen LogP contribution < -0.4 is 4.74 Å². The number of carbonyl (C=O) groups excluding carboxylic acids is 1. The van der Waals surface area contributed by atoms with Crippen molar-refractivity contribution < 1.29 is 9.53 Å². The van der Waals surface area contributed by atoms with Crippen molar-refractivity contribution in [1.82, 2.24) is 4.67 Å². The van der Waals surface area contributed by atoms with E-state index < -0.39 is 0 Å². The van der Waals surface area contributed by atoms with Gasteiger partial charge < -0.3 is 4.74 Å². The maximum atomic E-state index is 10.9. The molecule has 5 heteroatoms. The first-order valence-electron chi connectivity index (χ1n) is 4.52. The Bertz CT molecular complexity index is 344. The predicted molar refractivity (Wildman–Crippen MR) is 67.8 cm³/mol. The molecule has 0 fully saturated rings. The smallest absolute Gasteiger partial charge is 0.162 e. The summed E-state index contributed by atoms with van der Waals surface area (Å²) in [6, 6.07) is 7.81. The lowest BCUT2D eigenvalue weighted by Crippen LogP contribution is -2.16. The number of carbonyl (C=O) groups is 1. The van der Waals surface area contributed by atoms with E-state index >= 15 is 0 Å². The summed E-state index contributed by atoms with van der Waals surface area (Å²) in [5, 5.41) is 0. The molecule has 2 unspecified atom stereocenters. The van der Waals surface area contributed by atoms with Gasteiger partial charge in [0.15, 0.2) is 5.52 Å². The van der Waals surface area contributed by atoms with Crippen molar-refractivity contribution in [2.24, 2.45) is 0 Å². The normalized spacial score (nSPS) is 10.4. The standard InChI is InChI=1S/C10H15NO2P2/c1-13-9-4-2-3-8(5-9)6-11(15)7-10(12)14/h2-5H,6-7,14-15H2,1H3. The third-order valence-corrected chi connectivity index (χ3v) is 2.43. The van der Waals surface area contributed by atoms with Gasteiger partial charge in [-0.3, -0.25) is 9.46 Å². The fraction of sp³-hybridized carbons (Fsp3) is 0.300. The monoisotopic (exact) mass is 243 g/mol. The van der Waals surface area contributed by atoms with Crippen LogP contribution in [-0.4, -0.2) is 23.8 Å². The number of nitrogens with zero attached hydrogens (tertiary/aromatic N) is 1. The first kappa shape index (κ1) is 12.6. The predicted octanol–water partition coefficient (Wildman–Crippen LogP) is 1.69. The van der Waals surface area contributed by atoms with Gasteiger partial charge in [0, 0.05) is 6.54 Å².